The van der Waals surface area contributed by atoms with E-state index < -0.39 is 29.6 Å². The van der Waals surface area contributed by atoms with Gasteiger partial charge in [0, 0.05) is 5.56 Å². The van der Waals surface area contributed by atoms with Crippen LogP contribution >= 0.6 is 0 Å². The summed E-state index contributed by atoms with van der Waals surface area (Å²) in [5, 5.41) is 2.40. The van der Waals surface area contributed by atoms with E-state index in [1.807, 2.05) is 30.3 Å². The third-order valence-electron chi connectivity index (χ3n) is 3.67. The normalized spacial score (nSPS) is 12.4. The minimum Gasteiger partial charge on any atom is -0.368 e. The highest BCUT2D eigenvalue weighted by molar-refractivity contribution is 5.97. The molecule has 0 spiro atoms. The van der Waals surface area contributed by atoms with E-state index in [-0.39, 0.29) is 12.0 Å². The van der Waals surface area contributed by atoms with E-state index in [1.165, 1.54) is 6.07 Å². The summed E-state index contributed by atoms with van der Waals surface area (Å²) in [6.07, 6.45) is -3.80. The predicted molar refractivity (Wildman–Crippen MR) is 86.7 cm³/mol. The summed E-state index contributed by atoms with van der Waals surface area (Å²) in [5.41, 5.74) is 5.14. The third-order valence-corrected chi connectivity index (χ3v) is 3.67. The second-order valence-electron chi connectivity index (χ2n) is 5.53. The molecule has 0 saturated heterocycles. The van der Waals surface area contributed by atoms with Crippen LogP contribution in [0.5, 0.6) is 0 Å². The Morgan fingerprint density at radius 3 is 2.32 bits per heavy atom. The number of halogens is 3. The highest BCUT2D eigenvalue weighted by Crippen LogP contribution is 2.29. The maximum atomic E-state index is 12.7. The van der Waals surface area contributed by atoms with Gasteiger partial charge in [-0.3, -0.25) is 9.59 Å². The molecule has 0 bridgehead atoms. The topological polar surface area (TPSA) is 72.2 Å². The smallest absolute Gasteiger partial charge is 0.368 e. The lowest BCUT2D eigenvalue weighted by Gasteiger charge is -2.16. The molecule has 25 heavy (non-hydrogen) atoms. The number of nitrogens with two attached hydrogens (primary N) is 1. The van der Waals surface area contributed by atoms with E-state index in [1.54, 1.807) is 0 Å². The van der Waals surface area contributed by atoms with Gasteiger partial charge in [-0.2, -0.15) is 13.2 Å². The number of amides is 2. The minimum absolute atomic E-state index is 0.180. The van der Waals surface area contributed by atoms with Crippen LogP contribution in [0.2, 0.25) is 0 Å². The van der Waals surface area contributed by atoms with Gasteiger partial charge in [-0.15, -0.1) is 0 Å². The fourth-order valence-corrected chi connectivity index (χ4v) is 2.32. The van der Waals surface area contributed by atoms with Crippen molar-refractivity contribution < 1.29 is 22.8 Å². The predicted octanol–water partition coefficient (Wildman–Crippen LogP) is 2.92. The Balaban J connectivity index is 2.06. The van der Waals surface area contributed by atoms with Gasteiger partial charge in [0.15, 0.2) is 0 Å². The van der Waals surface area contributed by atoms with E-state index in [9.17, 15) is 22.8 Å². The Kier molecular flexibility index (Phi) is 5.80. The lowest BCUT2D eigenvalue weighted by Crippen LogP contribution is -2.44. The van der Waals surface area contributed by atoms with Gasteiger partial charge >= 0.3 is 6.18 Å². The number of alkyl halides is 3. The number of hydrogen-bond donors (Lipinski definition) is 2. The molecule has 0 fully saturated rings. The fraction of sp³-hybridized carbons (Fsp3) is 0.222. The maximum absolute atomic E-state index is 12.7. The van der Waals surface area contributed by atoms with Crippen molar-refractivity contribution >= 4 is 11.8 Å². The van der Waals surface area contributed by atoms with E-state index in [0.717, 1.165) is 23.8 Å². The van der Waals surface area contributed by atoms with Gasteiger partial charge in [0.2, 0.25) is 5.91 Å². The fourth-order valence-electron chi connectivity index (χ4n) is 2.32. The van der Waals surface area contributed by atoms with Crippen LogP contribution in [0.3, 0.4) is 0 Å². The van der Waals surface area contributed by atoms with Gasteiger partial charge in [0.1, 0.15) is 6.04 Å². The third kappa shape index (κ3) is 5.34. The summed E-state index contributed by atoms with van der Waals surface area (Å²) in [5.74, 6) is -1.51. The zero-order valence-corrected chi connectivity index (χ0v) is 13.2. The molecule has 2 aromatic rings. The van der Waals surface area contributed by atoms with Crippen LogP contribution in [0.15, 0.2) is 54.6 Å². The second kappa shape index (κ2) is 7.83. The Morgan fingerprint density at radius 2 is 1.72 bits per heavy atom. The van der Waals surface area contributed by atoms with Gasteiger partial charge in [0.25, 0.3) is 5.91 Å². The van der Waals surface area contributed by atoms with E-state index in [4.69, 9.17) is 5.73 Å². The average Bonchev–Trinajstić information content (AvgIpc) is 2.58. The molecule has 0 aromatic heterocycles. The molecule has 0 unspecified atom stereocenters. The second-order valence-corrected chi connectivity index (χ2v) is 5.53. The van der Waals surface area contributed by atoms with Crippen molar-refractivity contribution in [3.05, 3.63) is 71.3 Å². The summed E-state index contributed by atoms with van der Waals surface area (Å²) >= 11 is 0. The molecule has 0 aliphatic carbocycles. The Bertz CT molecular complexity index is 745. The number of aryl methyl sites for hydroxylation is 1. The molecule has 132 valence electrons. The number of rotatable bonds is 6. The molecular formula is C18H17F3N2O2. The van der Waals surface area contributed by atoms with Crippen LogP contribution in [0.1, 0.15) is 27.9 Å². The molecule has 0 aliphatic rings. The Labute approximate surface area is 142 Å². The monoisotopic (exact) mass is 350 g/mol. The molecule has 2 rings (SSSR count). The number of hydrogen-bond acceptors (Lipinski definition) is 2. The number of primary amides is 1. The zero-order valence-electron chi connectivity index (χ0n) is 13.2. The van der Waals surface area contributed by atoms with Crippen LogP contribution in [-0.4, -0.2) is 17.9 Å². The van der Waals surface area contributed by atoms with Gasteiger partial charge in [-0.25, -0.2) is 0 Å². The molecule has 2 aromatic carbocycles. The van der Waals surface area contributed by atoms with E-state index >= 15 is 0 Å². The SMILES string of the molecule is NC(=O)[C@@H](CCc1ccccc1)NC(=O)c1cccc(C(F)(F)F)c1. The first-order valence-electron chi connectivity index (χ1n) is 7.59. The Hall–Kier alpha value is -2.83. The van der Waals surface area contributed by atoms with E-state index in [2.05, 4.69) is 5.32 Å². The summed E-state index contributed by atoms with van der Waals surface area (Å²) in [7, 11) is 0. The number of benzene rings is 2. The van der Waals surface area contributed by atoms with Crippen LogP contribution in [0.25, 0.3) is 0 Å². The van der Waals surface area contributed by atoms with Gasteiger partial charge in [0.05, 0.1) is 5.56 Å². The first-order valence-corrected chi connectivity index (χ1v) is 7.59. The van der Waals surface area contributed by atoms with Gasteiger partial charge in [-0.1, -0.05) is 36.4 Å². The minimum atomic E-state index is -4.55. The number of nitrogens with one attached hydrogen (secondary N) is 1. The summed E-state index contributed by atoms with van der Waals surface area (Å²) < 4.78 is 38.2. The molecule has 0 saturated carbocycles. The number of carbonyl (C=O) groups is 2. The molecule has 7 heteroatoms. The van der Waals surface area contributed by atoms with Crippen LogP contribution in [-0.2, 0) is 17.4 Å². The van der Waals surface area contributed by atoms with Crippen molar-refractivity contribution in [3.8, 4) is 0 Å². The first kappa shape index (κ1) is 18.5. The van der Waals surface area contributed by atoms with Crippen LogP contribution in [0.4, 0.5) is 13.2 Å². The highest BCUT2D eigenvalue weighted by Gasteiger charge is 2.31. The first-order chi connectivity index (χ1) is 11.8. The van der Waals surface area contributed by atoms with Crippen molar-refractivity contribution in [1.29, 1.82) is 0 Å². The standard InChI is InChI=1S/C18H17F3N2O2/c19-18(20,21)14-8-4-7-13(11-14)17(25)23-15(16(22)24)10-9-12-5-2-1-3-6-12/h1-8,11,15H,9-10H2,(H2,22,24)(H,23,25)/t15-/m1/s1. The lowest BCUT2D eigenvalue weighted by molar-refractivity contribution is -0.137. The largest absolute Gasteiger partial charge is 0.416 e. The molecule has 4 nitrogen and oxygen atoms in total. The summed E-state index contributed by atoms with van der Waals surface area (Å²) in [4.78, 5) is 23.7. The number of carbonyl (C=O) groups excluding carboxylic acids is 2. The molecule has 0 radical (unpaired) electrons. The molecule has 3 N–H and O–H groups in total. The molecule has 1 atom stereocenters. The molecule has 0 aliphatic heterocycles. The van der Waals surface area contributed by atoms with Crippen molar-refractivity contribution in [3.63, 3.8) is 0 Å². The van der Waals surface area contributed by atoms with Crippen LogP contribution in [0, 0.1) is 0 Å². The van der Waals surface area contributed by atoms with E-state index in [0.29, 0.717) is 6.42 Å². The molecule has 2 amide bonds. The zero-order chi connectivity index (χ0) is 18.4. The molecular weight excluding hydrogens is 333 g/mol. The Morgan fingerprint density at radius 1 is 1.04 bits per heavy atom. The summed E-state index contributed by atoms with van der Waals surface area (Å²) in [6.45, 7) is 0. The maximum Gasteiger partial charge on any atom is 0.416 e. The van der Waals surface area contributed by atoms with Crippen molar-refractivity contribution in [2.75, 3.05) is 0 Å². The quantitative estimate of drug-likeness (QED) is 0.841. The van der Waals surface area contributed by atoms with Crippen molar-refractivity contribution in [1.82, 2.24) is 5.32 Å². The molecule has 0 heterocycles. The van der Waals surface area contributed by atoms with Gasteiger partial charge in [-0.05, 0) is 36.6 Å². The van der Waals surface area contributed by atoms with Crippen molar-refractivity contribution in [2.45, 2.75) is 25.1 Å². The summed E-state index contributed by atoms with van der Waals surface area (Å²) in [6, 6.07) is 12.3. The lowest BCUT2D eigenvalue weighted by atomic mass is 10.0. The highest BCUT2D eigenvalue weighted by atomic mass is 19.4. The van der Waals surface area contributed by atoms with Crippen molar-refractivity contribution in [2.24, 2.45) is 5.73 Å². The average molecular weight is 350 g/mol. The van der Waals surface area contributed by atoms with Crippen LogP contribution < -0.4 is 11.1 Å². The van der Waals surface area contributed by atoms with Gasteiger partial charge < -0.3 is 11.1 Å².